The summed E-state index contributed by atoms with van der Waals surface area (Å²) in [5.41, 5.74) is -2.35. The highest BCUT2D eigenvalue weighted by Crippen LogP contribution is 2.41. The Balaban J connectivity index is 1.59. The second-order valence-corrected chi connectivity index (χ2v) is 7.79. The van der Waals surface area contributed by atoms with E-state index in [2.05, 4.69) is 11.9 Å². The van der Waals surface area contributed by atoms with Gasteiger partial charge in [-0.3, -0.25) is 4.79 Å². The fourth-order valence-corrected chi connectivity index (χ4v) is 3.88. The maximum absolute atomic E-state index is 13.2. The van der Waals surface area contributed by atoms with Crippen LogP contribution in [-0.4, -0.2) is 29.7 Å². The van der Waals surface area contributed by atoms with E-state index < -0.39 is 23.2 Å². The Kier molecular flexibility index (Phi) is 6.36. The number of alkyl halides is 3. The molecule has 1 atom stereocenters. The molecule has 1 unspecified atom stereocenters. The van der Waals surface area contributed by atoms with Gasteiger partial charge < -0.3 is 15.3 Å². The third-order valence-corrected chi connectivity index (χ3v) is 5.70. The van der Waals surface area contributed by atoms with Crippen LogP contribution in [0.2, 0.25) is 10.0 Å². The van der Waals surface area contributed by atoms with Gasteiger partial charge in [0.2, 0.25) is 5.60 Å². The number of rotatable bonds is 7. The Bertz CT molecular complexity index is 961. The van der Waals surface area contributed by atoms with E-state index in [1.165, 1.54) is 18.2 Å². The molecule has 1 fully saturated rings. The van der Waals surface area contributed by atoms with Gasteiger partial charge in [0, 0.05) is 22.3 Å². The lowest BCUT2D eigenvalue weighted by Gasteiger charge is -2.46. The molecule has 4 nitrogen and oxygen atoms in total. The maximum Gasteiger partial charge on any atom is 0.418 e. The van der Waals surface area contributed by atoms with Gasteiger partial charge in [-0.25, -0.2) is 0 Å². The van der Waals surface area contributed by atoms with Gasteiger partial charge in [0.25, 0.3) is 5.91 Å². The Labute approximate surface area is 181 Å². The first-order valence-corrected chi connectivity index (χ1v) is 9.88. The molecule has 9 heteroatoms. The van der Waals surface area contributed by atoms with Crippen molar-refractivity contribution < 1.29 is 23.1 Å². The standard InChI is InChI=1S/C21H19Cl2F3N2O2/c1-13(27-11-5-6-14-16(22)8-4-9-17(14)23)20(30)12-28(19(20)29)18-10-3-2-7-15(18)21(24,25)26/h2-4,7-10,27,30H,1,5-6,11-12H2. The number of amides is 1. The number of benzene rings is 2. The fourth-order valence-electron chi connectivity index (χ4n) is 3.29. The van der Waals surface area contributed by atoms with Gasteiger partial charge in [-0.05, 0) is 42.7 Å². The summed E-state index contributed by atoms with van der Waals surface area (Å²) in [7, 11) is 0. The number of nitrogens with zero attached hydrogens (tertiary/aromatic N) is 1. The molecule has 1 aliphatic heterocycles. The van der Waals surface area contributed by atoms with Crippen LogP contribution in [0, 0.1) is 0 Å². The highest BCUT2D eigenvalue weighted by atomic mass is 35.5. The van der Waals surface area contributed by atoms with E-state index in [0.29, 0.717) is 29.4 Å². The number of hydrogen-bond donors (Lipinski definition) is 2. The van der Waals surface area contributed by atoms with Crippen LogP contribution in [0.5, 0.6) is 0 Å². The molecule has 2 aromatic rings. The van der Waals surface area contributed by atoms with Crippen molar-refractivity contribution in [2.75, 3.05) is 18.0 Å². The molecule has 0 bridgehead atoms. The summed E-state index contributed by atoms with van der Waals surface area (Å²) in [6.07, 6.45) is -3.45. The summed E-state index contributed by atoms with van der Waals surface area (Å²) in [6.45, 7) is 3.75. The second kappa shape index (κ2) is 8.49. The largest absolute Gasteiger partial charge is 0.418 e. The van der Waals surface area contributed by atoms with Crippen LogP contribution >= 0.6 is 23.2 Å². The molecule has 1 saturated heterocycles. The van der Waals surface area contributed by atoms with E-state index >= 15 is 0 Å². The Morgan fingerprint density at radius 3 is 2.40 bits per heavy atom. The van der Waals surface area contributed by atoms with Gasteiger partial charge in [-0.1, -0.05) is 48.0 Å². The first-order valence-electron chi connectivity index (χ1n) is 9.12. The van der Waals surface area contributed by atoms with Crippen LogP contribution in [0.15, 0.2) is 54.7 Å². The predicted molar refractivity (Wildman–Crippen MR) is 111 cm³/mol. The lowest BCUT2D eigenvalue weighted by molar-refractivity contribution is -0.143. The number of β-lactam (4-membered cyclic amide) rings is 1. The number of halogens is 5. The molecule has 3 rings (SSSR count). The zero-order chi connectivity index (χ0) is 22.1. The van der Waals surface area contributed by atoms with Gasteiger partial charge in [0.15, 0.2) is 0 Å². The molecule has 0 aliphatic carbocycles. The van der Waals surface area contributed by atoms with Crippen molar-refractivity contribution in [3.05, 3.63) is 75.9 Å². The molecular weight excluding hydrogens is 440 g/mol. The van der Waals surface area contributed by atoms with Crippen molar-refractivity contribution in [2.45, 2.75) is 24.6 Å². The van der Waals surface area contributed by atoms with Crippen molar-refractivity contribution in [3.8, 4) is 0 Å². The van der Waals surface area contributed by atoms with Crippen molar-refractivity contribution in [2.24, 2.45) is 0 Å². The molecule has 1 heterocycles. The number of β-amino-alcohol motifs (C(OH)–C–C–N with tert-alkyl or cyclic N) is 1. The lowest BCUT2D eigenvalue weighted by atomic mass is 9.88. The number of hydrogen-bond acceptors (Lipinski definition) is 3. The Hall–Kier alpha value is -2.22. The molecule has 0 aromatic heterocycles. The van der Waals surface area contributed by atoms with Crippen LogP contribution < -0.4 is 10.2 Å². The van der Waals surface area contributed by atoms with Gasteiger partial charge in [0.05, 0.1) is 17.8 Å². The van der Waals surface area contributed by atoms with E-state index in [4.69, 9.17) is 23.2 Å². The monoisotopic (exact) mass is 458 g/mol. The van der Waals surface area contributed by atoms with Gasteiger partial charge in [-0.15, -0.1) is 0 Å². The van der Waals surface area contributed by atoms with Crippen LogP contribution in [0.3, 0.4) is 0 Å². The van der Waals surface area contributed by atoms with Gasteiger partial charge in [-0.2, -0.15) is 13.2 Å². The zero-order valence-corrected chi connectivity index (χ0v) is 17.3. The van der Waals surface area contributed by atoms with E-state index in [1.807, 2.05) is 0 Å². The van der Waals surface area contributed by atoms with Crippen molar-refractivity contribution in [1.29, 1.82) is 0 Å². The number of para-hydroxylation sites is 1. The number of aliphatic hydroxyl groups is 1. The molecule has 1 amide bonds. The molecule has 30 heavy (non-hydrogen) atoms. The zero-order valence-electron chi connectivity index (χ0n) is 15.8. The summed E-state index contributed by atoms with van der Waals surface area (Å²) >= 11 is 12.2. The van der Waals surface area contributed by atoms with Gasteiger partial charge in [0.1, 0.15) is 0 Å². The maximum atomic E-state index is 13.2. The molecule has 160 valence electrons. The minimum atomic E-state index is -4.61. The van der Waals surface area contributed by atoms with E-state index in [0.717, 1.165) is 16.5 Å². The Morgan fingerprint density at radius 2 is 1.80 bits per heavy atom. The normalized spacial score (nSPS) is 18.9. The average Bonchev–Trinajstić information content (AvgIpc) is 2.69. The third kappa shape index (κ3) is 4.29. The molecule has 0 saturated carbocycles. The number of carbonyl (C=O) groups is 1. The third-order valence-electron chi connectivity index (χ3n) is 4.99. The lowest BCUT2D eigenvalue weighted by Crippen LogP contribution is -2.69. The molecule has 1 aliphatic rings. The van der Waals surface area contributed by atoms with Crippen LogP contribution in [0.1, 0.15) is 17.5 Å². The SMILES string of the molecule is C=C(NCCCc1c(Cl)cccc1Cl)C1(O)CN(c2ccccc2C(F)(F)F)C1=O. The average molecular weight is 459 g/mol. The highest BCUT2D eigenvalue weighted by Gasteiger charge is 2.55. The van der Waals surface area contributed by atoms with E-state index in [9.17, 15) is 23.1 Å². The quantitative estimate of drug-likeness (QED) is 0.461. The summed E-state index contributed by atoms with van der Waals surface area (Å²) in [5.74, 6) is -0.856. The van der Waals surface area contributed by atoms with Crippen LogP contribution in [-0.2, 0) is 17.4 Å². The number of carbonyl (C=O) groups excluding carboxylic acids is 1. The summed E-state index contributed by atoms with van der Waals surface area (Å²) in [4.78, 5) is 13.4. The molecule has 2 aromatic carbocycles. The topological polar surface area (TPSA) is 52.6 Å². The molecule has 0 radical (unpaired) electrons. The van der Waals surface area contributed by atoms with Crippen LogP contribution in [0.4, 0.5) is 18.9 Å². The van der Waals surface area contributed by atoms with Crippen LogP contribution in [0.25, 0.3) is 0 Å². The van der Waals surface area contributed by atoms with Crippen molar-refractivity contribution >= 4 is 34.8 Å². The first-order chi connectivity index (χ1) is 14.1. The van der Waals surface area contributed by atoms with Gasteiger partial charge >= 0.3 is 6.18 Å². The second-order valence-electron chi connectivity index (χ2n) is 6.98. The number of anilines is 1. The fraction of sp³-hybridized carbons (Fsp3) is 0.286. The number of nitrogens with one attached hydrogen (secondary N) is 1. The smallest absolute Gasteiger partial charge is 0.386 e. The Morgan fingerprint density at radius 1 is 1.17 bits per heavy atom. The van der Waals surface area contributed by atoms with E-state index in [-0.39, 0.29) is 17.9 Å². The van der Waals surface area contributed by atoms with Crippen molar-refractivity contribution in [3.63, 3.8) is 0 Å². The highest BCUT2D eigenvalue weighted by molar-refractivity contribution is 6.35. The minimum Gasteiger partial charge on any atom is -0.386 e. The molecule has 0 spiro atoms. The molecule has 2 N–H and O–H groups in total. The predicted octanol–water partition coefficient (Wildman–Crippen LogP) is 4.83. The first kappa shape index (κ1) is 22.5. The minimum absolute atomic E-state index is 0.0403. The summed E-state index contributed by atoms with van der Waals surface area (Å²) in [6, 6.07) is 9.96. The molecular formula is C21H19Cl2F3N2O2. The summed E-state index contributed by atoms with van der Waals surface area (Å²) < 4.78 is 39.6. The summed E-state index contributed by atoms with van der Waals surface area (Å²) in [5, 5.41) is 14.6. The van der Waals surface area contributed by atoms with E-state index in [1.54, 1.807) is 18.2 Å². The van der Waals surface area contributed by atoms with Crippen molar-refractivity contribution in [1.82, 2.24) is 5.32 Å².